The summed E-state index contributed by atoms with van der Waals surface area (Å²) in [6, 6.07) is 17.7. The Morgan fingerprint density at radius 2 is 1.86 bits per heavy atom. The van der Waals surface area contributed by atoms with Crippen molar-refractivity contribution in [3.05, 3.63) is 95.3 Å². The number of methoxy groups -OCH3 is 1. The third-order valence-electron chi connectivity index (χ3n) is 4.35. The van der Waals surface area contributed by atoms with E-state index >= 15 is 0 Å². The lowest BCUT2D eigenvalue weighted by Gasteiger charge is -2.11. The number of nitrogens with zero attached hydrogens (tertiary/aromatic N) is 3. The van der Waals surface area contributed by atoms with Crippen LogP contribution in [0.15, 0.2) is 73.1 Å². The van der Waals surface area contributed by atoms with Crippen molar-refractivity contribution >= 4 is 11.6 Å². The first-order valence-electron chi connectivity index (χ1n) is 8.72. The van der Waals surface area contributed by atoms with E-state index in [4.69, 9.17) is 21.3 Å². The van der Waals surface area contributed by atoms with Crippen LogP contribution in [0.2, 0.25) is 5.02 Å². The first-order valence-corrected chi connectivity index (χ1v) is 9.10. The highest BCUT2D eigenvalue weighted by Crippen LogP contribution is 2.32. The molecule has 4 nitrogen and oxygen atoms in total. The lowest BCUT2D eigenvalue weighted by molar-refractivity contribution is 0.412. The minimum Gasteiger partial charge on any atom is -0.496 e. The summed E-state index contributed by atoms with van der Waals surface area (Å²) in [6.45, 7) is 0. The second-order valence-electron chi connectivity index (χ2n) is 6.24. The van der Waals surface area contributed by atoms with Gasteiger partial charge in [-0.2, -0.15) is 0 Å². The van der Waals surface area contributed by atoms with Crippen molar-refractivity contribution in [1.82, 2.24) is 14.5 Å². The van der Waals surface area contributed by atoms with Crippen LogP contribution in [0.3, 0.4) is 0 Å². The summed E-state index contributed by atoms with van der Waals surface area (Å²) >= 11 is 6.04. The summed E-state index contributed by atoms with van der Waals surface area (Å²) in [7, 11) is 1.52. The van der Waals surface area contributed by atoms with E-state index < -0.39 is 0 Å². The maximum absolute atomic E-state index is 13.7. The topological polar surface area (TPSA) is 39.9 Å². The largest absolute Gasteiger partial charge is 0.496 e. The van der Waals surface area contributed by atoms with Crippen molar-refractivity contribution in [3.8, 4) is 22.8 Å². The molecule has 0 aliphatic rings. The highest BCUT2D eigenvalue weighted by molar-refractivity contribution is 6.30. The van der Waals surface area contributed by atoms with Gasteiger partial charge in [-0.3, -0.25) is 9.55 Å². The Hall–Kier alpha value is -3.18. The normalized spacial score (nSPS) is 10.8. The molecule has 140 valence electrons. The molecular formula is C22H17ClFN3O. The molecule has 0 N–H and O–H groups in total. The fourth-order valence-corrected chi connectivity index (χ4v) is 3.17. The summed E-state index contributed by atoms with van der Waals surface area (Å²) in [5, 5.41) is 0.651. The molecule has 0 unspecified atom stereocenters. The van der Waals surface area contributed by atoms with Gasteiger partial charge in [-0.15, -0.1) is 0 Å². The van der Waals surface area contributed by atoms with Crippen LogP contribution < -0.4 is 4.74 Å². The van der Waals surface area contributed by atoms with Crippen LogP contribution in [0.1, 0.15) is 11.4 Å². The van der Waals surface area contributed by atoms with E-state index in [1.165, 1.54) is 19.2 Å². The minimum atomic E-state index is -0.362. The van der Waals surface area contributed by atoms with Gasteiger partial charge in [0, 0.05) is 41.3 Å². The predicted molar refractivity (Wildman–Crippen MR) is 108 cm³/mol. The number of hydrogen-bond donors (Lipinski definition) is 0. The SMILES string of the molecule is COc1cc(F)ccc1-c1nc(Cc2ccccn2)cn1-c1ccc(Cl)cc1. The molecule has 6 heteroatoms. The molecule has 0 atom stereocenters. The fourth-order valence-electron chi connectivity index (χ4n) is 3.04. The molecule has 2 aromatic carbocycles. The molecule has 0 bridgehead atoms. The predicted octanol–water partition coefficient (Wildman–Crippen LogP) is 5.33. The number of pyridine rings is 1. The van der Waals surface area contributed by atoms with Crippen LogP contribution in [0.4, 0.5) is 4.39 Å². The molecular weight excluding hydrogens is 377 g/mol. The summed E-state index contributed by atoms with van der Waals surface area (Å²) in [4.78, 5) is 9.17. The summed E-state index contributed by atoms with van der Waals surface area (Å²) in [5.74, 6) is 0.717. The summed E-state index contributed by atoms with van der Waals surface area (Å²) < 4.78 is 21.0. The zero-order valence-electron chi connectivity index (χ0n) is 15.1. The summed E-state index contributed by atoms with van der Waals surface area (Å²) in [6.07, 6.45) is 4.30. The van der Waals surface area contributed by atoms with E-state index in [2.05, 4.69) is 4.98 Å². The van der Waals surface area contributed by atoms with Crippen LogP contribution in [0.25, 0.3) is 17.1 Å². The lowest BCUT2D eigenvalue weighted by Crippen LogP contribution is -1.98. The zero-order chi connectivity index (χ0) is 19.5. The third kappa shape index (κ3) is 3.75. The van der Waals surface area contributed by atoms with Gasteiger partial charge >= 0.3 is 0 Å². The van der Waals surface area contributed by atoms with Gasteiger partial charge in [-0.25, -0.2) is 9.37 Å². The maximum Gasteiger partial charge on any atom is 0.148 e. The second kappa shape index (κ2) is 7.82. The first-order chi connectivity index (χ1) is 13.6. The van der Waals surface area contributed by atoms with Gasteiger partial charge in [0.05, 0.1) is 18.4 Å². The molecule has 0 saturated heterocycles. The van der Waals surface area contributed by atoms with E-state index in [1.54, 1.807) is 12.3 Å². The molecule has 0 saturated carbocycles. The Balaban J connectivity index is 1.84. The Morgan fingerprint density at radius 3 is 2.57 bits per heavy atom. The number of rotatable bonds is 5. The van der Waals surface area contributed by atoms with E-state index in [-0.39, 0.29) is 5.82 Å². The van der Waals surface area contributed by atoms with Gasteiger partial charge in [0.1, 0.15) is 17.4 Å². The van der Waals surface area contributed by atoms with Gasteiger partial charge < -0.3 is 4.74 Å². The number of hydrogen-bond acceptors (Lipinski definition) is 3. The van der Waals surface area contributed by atoms with Gasteiger partial charge in [0.15, 0.2) is 0 Å². The lowest BCUT2D eigenvalue weighted by atomic mass is 10.1. The Kier molecular flexibility index (Phi) is 5.08. The fraction of sp³-hybridized carbons (Fsp3) is 0.0909. The van der Waals surface area contributed by atoms with E-state index in [0.29, 0.717) is 28.6 Å². The van der Waals surface area contributed by atoms with Crippen LogP contribution in [0, 0.1) is 5.82 Å². The molecule has 2 aromatic heterocycles. The van der Waals surface area contributed by atoms with Crippen LogP contribution in [-0.4, -0.2) is 21.6 Å². The van der Waals surface area contributed by atoms with Crippen LogP contribution in [-0.2, 0) is 6.42 Å². The molecule has 4 aromatic rings. The molecule has 0 spiro atoms. The van der Waals surface area contributed by atoms with Crippen LogP contribution >= 0.6 is 11.6 Å². The van der Waals surface area contributed by atoms with Gasteiger partial charge in [-0.1, -0.05) is 17.7 Å². The van der Waals surface area contributed by atoms with Crippen molar-refractivity contribution in [2.75, 3.05) is 7.11 Å². The maximum atomic E-state index is 13.7. The Bertz CT molecular complexity index is 1090. The number of halogens is 2. The number of benzene rings is 2. The zero-order valence-corrected chi connectivity index (χ0v) is 15.9. The average molecular weight is 394 g/mol. The van der Waals surface area contributed by atoms with E-state index in [0.717, 1.165) is 17.1 Å². The van der Waals surface area contributed by atoms with Crippen molar-refractivity contribution in [2.24, 2.45) is 0 Å². The molecule has 0 aliphatic carbocycles. The molecule has 2 heterocycles. The van der Waals surface area contributed by atoms with Crippen molar-refractivity contribution in [1.29, 1.82) is 0 Å². The molecule has 4 rings (SSSR count). The first kappa shape index (κ1) is 18.2. The molecule has 0 fully saturated rings. The van der Waals surface area contributed by atoms with Crippen molar-refractivity contribution in [3.63, 3.8) is 0 Å². The number of ether oxygens (including phenoxy) is 1. The van der Waals surface area contributed by atoms with E-state index in [9.17, 15) is 4.39 Å². The van der Waals surface area contributed by atoms with Crippen LogP contribution in [0.5, 0.6) is 5.75 Å². The quantitative estimate of drug-likeness (QED) is 0.460. The monoisotopic (exact) mass is 393 g/mol. The molecule has 0 radical (unpaired) electrons. The standard InChI is InChI=1S/C22H17ClFN3O/c1-28-21-12-16(24)7-10-20(21)22-26-18(13-17-4-2-3-11-25-17)14-27(22)19-8-5-15(23)6-9-19/h2-12,14H,13H2,1H3. The van der Waals surface area contributed by atoms with Gasteiger partial charge in [0.25, 0.3) is 0 Å². The Labute approximate surface area is 167 Å². The second-order valence-corrected chi connectivity index (χ2v) is 6.68. The minimum absolute atomic E-state index is 0.362. The number of aromatic nitrogens is 3. The van der Waals surface area contributed by atoms with Gasteiger partial charge in [0.2, 0.25) is 0 Å². The highest BCUT2D eigenvalue weighted by Gasteiger charge is 2.17. The van der Waals surface area contributed by atoms with E-state index in [1.807, 2.05) is 53.2 Å². The van der Waals surface area contributed by atoms with Crippen molar-refractivity contribution in [2.45, 2.75) is 6.42 Å². The summed E-state index contributed by atoms with van der Waals surface area (Å²) in [5.41, 5.74) is 3.35. The smallest absolute Gasteiger partial charge is 0.148 e. The van der Waals surface area contributed by atoms with Gasteiger partial charge in [-0.05, 0) is 48.5 Å². The highest BCUT2D eigenvalue weighted by atomic mass is 35.5. The average Bonchev–Trinajstić information content (AvgIpc) is 3.12. The van der Waals surface area contributed by atoms with Crippen molar-refractivity contribution < 1.29 is 9.13 Å². The third-order valence-corrected chi connectivity index (χ3v) is 4.61. The molecule has 0 amide bonds. The Morgan fingerprint density at radius 1 is 1.04 bits per heavy atom. The molecule has 28 heavy (non-hydrogen) atoms. The molecule has 0 aliphatic heterocycles. The number of imidazole rings is 1.